The summed E-state index contributed by atoms with van der Waals surface area (Å²) in [6.45, 7) is 9.60. The van der Waals surface area contributed by atoms with Crippen molar-refractivity contribution in [2.24, 2.45) is 0 Å². The Hall–Kier alpha value is 0.0700. The third-order valence-electron chi connectivity index (χ3n) is 2.04. The van der Waals surface area contributed by atoms with E-state index in [2.05, 4.69) is 0 Å². The Morgan fingerprint density at radius 3 is 2.15 bits per heavy atom. The molecular weight excluding hydrogens is 186 g/mol. The molecule has 0 N–H and O–H groups in total. The summed E-state index contributed by atoms with van der Waals surface area (Å²) in [5.74, 6) is 0. The van der Waals surface area contributed by atoms with Crippen molar-refractivity contribution in [3.8, 4) is 0 Å². The topological polar surface area (TPSA) is 29.5 Å². The molecule has 0 amide bonds. The first-order valence-corrected chi connectivity index (χ1v) is 5.98. The maximum atomic E-state index is 11.8. The second kappa shape index (κ2) is 4.53. The highest BCUT2D eigenvalue weighted by atomic mass is 32.2. The van der Waals surface area contributed by atoms with Gasteiger partial charge in [-0.3, -0.25) is 0 Å². The van der Waals surface area contributed by atoms with E-state index in [0.29, 0.717) is 0 Å². The van der Waals surface area contributed by atoms with Gasteiger partial charge in [-0.05, 0) is 27.7 Å². The van der Waals surface area contributed by atoms with Crippen molar-refractivity contribution in [1.29, 1.82) is 0 Å². The molecule has 0 aromatic rings. The van der Waals surface area contributed by atoms with Crippen LogP contribution in [-0.2, 0) is 15.7 Å². The van der Waals surface area contributed by atoms with Crippen LogP contribution in [0.15, 0.2) is 0 Å². The fraction of sp³-hybridized carbons (Fsp3) is 1.00. The van der Waals surface area contributed by atoms with Gasteiger partial charge < -0.3 is 4.74 Å². The Morgan fingerprint density at radius 1 is 1.31 bits per heavy atom. The smallest absolute Gasteiger partial charge is 0.0970 e. The Bertz CT molecular complexity index is 186. The number of rotatable bonds is 2. The summed E-state index contributed by atoms with van der Waals surface area (Å²) in [6.07, 6.45) is 0.401. The van der Waals surface area contributed by atoms with Crippen molar-refractivity contribution in [2.45, 2.75) is 45.2 Å². The molecule has 1 fully saturated rings. The first-order chi connectivity index (χ1) is 6.00. The highest BCUT2D eigenvalue weighted by molar-refractivity contribution is 7.83. The Labute approximate surface area is 83.0 Å². The molecule has 0 aromatic heterocycles. The van der Waals surface area contributed by atoms with E-state index in [-0.39, 0.29) is 17.5 Å². The van der Waals surface area contributed by atoms with Crippen molar-refractivity contribution >= 4 is 11.0 Å². The Kier molecular flexibility index (Phi) is 3.88. The van der Waals surface area contributed by atoms with Crippen LogP contribution in [0.3, 0.4) is 0 Å². The van der Waals surface area contributed by atoms with E-state index >= 15 is 0 Å². The maximum absolute atomic E-state index is 11.8. The highest BCUT2D eigenvalue weighted by Gasteiger charge is 2.26. The van der Waals surface area contributed by atoms with Gasteiger partial charge in [0.2, 0.25) is 0 Å². The van der Waals surface area contributed by atoms with E-state index in [1.54, 1.807) is 0 Å². The second-order valence-electron chi connectivity index (χ2n) is 3.93. The van der Waals surface area contributed by atoms with Crippen LogP contribution in [0.5, 0.6) is 0 Å². The molecule has 0 aromatic carbocycles. The SMILES string of the molecule is CC1CN(S(=O)C(C)C)CC(C)O1. The molecule has 1 heterocycles. The molecule has 3 nitrogen and oxygen atoms in total. The number of morpholine rings is 1. The minimum absolute atomic E-state index is 0.200. The molecule has 0 spiro atoms. The monoisotopic (exact) mass is 205 g/mol. The lowest BCUT2D eigenvalue weighted by molar-refractivity contribution is -0.0429. The molecule has 3 unspecified atom stereocenters. The molecule has 0 bridgehead atoms. The minimum atomic E-state index is -0.846. The van der Waals surface area contributed by atoms with E-state index in [1.807, 2.05) is 32.0 Å². The van der Waals surface area contributed by atoms with E-state index in [9.17, 15) is 4.21 Å². The van der Waals surface area contributed by atoms with Crippen LogP contribution in [0.2, 0.25) is 0 Å². The van der Waals surface area contributed by atoms with Gasteiger partial charge >= 0.3 is 0 Å². The van der Waals surface area contributed by atoms with Gasteiger partial charge in [-0.15, -0.1) is 0 Å². The van der Waals surface area contributed by atoms with Crippen LogP contribution in [0, 0.1) is 0 Å². The number of nitrogens with zero attached hydrogens (tertiary/aromatic N) is 1. The summed E-state index contributed by atoms with van der Waals surface area (Å²) < 4.78 is 19.4. The summed E-state index contributed by atoms with van der Waals surface area (Å²) >= 11 is 0. The third kappa shape index (κ3) is 3.04. The molecule has 0 radical (unpaired) electrons. The zero-order chi connectivity index (χ0) is 10.0. The maximum Gasteiger partial charge on any atom is 0.0970 e. The molecular formula is C9H19NO2S. The summed E-state index contributed by atoms with van der Waals surface area (Å²) in [7, 11) is -0.846. The molecule has 1 rings (SSSR count). The molecule has 1 aliphatic rings. The van der Waals surface area contributed by atoms with Crippen molar-refractivity contribution in [3.05, 3.63) is 0 Å². The van der Waals surface area contributed by atoms with Crippen LogP contribution in [-0.4, -0.2) is 39.1 Å². The first-order valence-electron chi connectivity index (χ1n) is 4.81. The number of hydrogen-bond donors (Lipinski definition) is 0. The molecule has 0 saturated carbocycles. The first kappa shape index (κ1) is 11.1. The minimum Gasteiger partial charge on any atom is -0.373 e. The van der Waals surface area contributed by atoms with Gasteiger partial charge in [-0.25, -0.2) is 8.51 Å². The predicted molar refractivity (Wildman–Crippen MR) is 54.9 cm³/mol. The van der Waals surface area contributed by atoms with Gasteiger partial charge in [0.1, 0.15) is 0 Å². The molecule has 1 aliphatic heterocycles. The quantitative estimate of drug-likeness (QED) is 0.677. The Morgan fingerprint density at radius 2 is 1.77 bits per heavy atom. The average molecular weight is 205 g/mol. The number of ether oxygens (including phenoxy) is 1. The fourth-order valence-electron chi connectivity index (χ4n) is 1.58. The highest BCUT2D eigenvalue weighted by Crippen LogP contribution is 2.14. The van der Waals surface area contributed by atoms with Crippen molar-refractivity contribution < 1.29 is 8.95 Å². The zero-order valence-electron chi connectivity index (χ0n) is 8.82. The van der Waals surface area contributed by atoms with E-state index in [0.717, 1.165) is 13.1 Å². The van der Waals surface area contributed by atoms with Crippen molar-refractivity contribution in [1.82, 2.24) is 4.31 Å². The third-order valence-corrected chi connectivity index (χ3v) is 3.66. The molecule has 3 atom stereocenters. The largest absolute Gasteiger partial charge is 0.373 e. The molecule has 78 valence electrons. The second-order valence-corrected chi connectivity index (χ2v) is 5.94. The van der Waals surface area contributed by atoms with Crippen LogP contribution in [0.4, 0.5) is 0 Å². The fourth-order valence-corrected chi connectivity index (χ4v) is 2.89. The lowest BCUT2D eigenvalue weighted by Gasteiger charge is -2.34. The molecule has 1 saturated heterocycles. The van der Waals surface area contributed by atoms with E-state index in [1.165, 1.54) is 0 Å². The van der Waals surface area contributed by atoms with Crippen LogP contribution < -0.4 is 0 Å². The van der Waals surface area contributed by atoms with Crippen LogP contribution >= 0.6 is 0 Å². The standard InChI is InChI=1S/C9H19NO2S/c1-7(2)13(11)10-5-8(3)12-9(4)6-10/h7-9H,5-6H2,1-4H3. The summed E-state index contributed by atoms with van der Waals surface area (Å²) in [4.78, 5) is 0. The van der Waals surface area contributed by atoms with Gasteiger partial charge in [-0.2, -0.15) is 0 Å². The Balaban J connectivity index is 2.55. The normalized spacial score (nSPS) is 33.6. The average Bonchev–Trinajstić information content (AvgIpc) is 2.01. The van der Waals surface area contributed by atoms with Gasteiger partial charge in [0.25, 0.3) is 0 Å². The van der Waals surface area contributed by atoms with Gasteiger partial charge in [0, 0.05) is 18.3 Å². The van der Waals surface area contributed by atoms with Gasteiger partial charge in [-0.1, -0.05) is 0 Å². The van der Waals surface area contributed by atoms with Crippen molar-refractivity contribution in [2.75, 3.05) is 13.1 Å². The van der Waals surface area contributed by atoms with Crippen LogP contribution in [0.25, 0.3) is 0 Å². The summed E-state index contributed by atoms with van der Waals surface area (Å²) in [6, 6.07) is 0. The van der Waals surface area contributed by atoms with E-state index in [4.69, 9.17) is 4.74 Å². The summed E-state index contributed by atoms with van der Waals surface area (Å²) in [5.41, 5.74) is 0. The van der Waals surface area contributed by atoms with E-state index < -0.39 is 11.0 Å². The zero-order valence-corrected chi connectivity index (χ0v) is 9.63. The van der Waals surface area contributed by atoms with Gasteiger partial charge in [0.05, 0.1) is 23.2 Å². The lowest BCUT2D eigenvalue weighted by Crippen LogP contribution is -2.47. The van der Waals surface area contributed by atoms with Crippen molar-refractivity contribution in [3.63, 3.8) is 0 Å². The molecule has 13 heavy (non-hydrogen) atoms. The number of hydrogen-bond acceptors (Lipinski definition) is 2. The van der Waals surface area contributed by atoms with Gasteiger partial charge in [0.15, 0.2) is 0 Å². The summed E-state index contributed by atoms with van der Waals surface area (Å²) in [5, 5.41) is 0.206. The van der Waals surface area contributed by atoms with Crippen LogP contribution in [0.1, 0.15) is 27.7 Å². The molecule has 0 aliphatic carbocycles. The lowest BCUT2D eigenvalue weighted by atomic mass is 10.3. The predicted octanol–water partition coefficient (Wildman–Crippen LogP) is 1.17. The molecule has 4 heteroatoms.